The van der Waals surface area contributed by atoms with E-state index in [0.717, 1.165) is 11.1 Å². The van der Waals surface area contributed by atoms with E-state index in [2.05, 4.69) is 5.32 Å². The van der Waals surface area contributed by atoms with Crippen LogP contribution >= 0.6 is 0 Å². The first kappa shape index (κ1) is 16.4. The Hall–Kier alpha value is -2.01. The number of hydrogen-bond donors (Lipinski definition) is 1. The van der Waals surface area contributed by atoms with Crippen molar-refractivity contribution >= 4 is 16.7 Å². The Morgan fingerprint density at radius 3 is 2.36 bits per heavy atom. The van der Waals surface area contributed by atoms with E-state index in [-0.39, 0.29) is 17.5 Å². The van der Waals surface area contributed by atoms with Crippen LogP contribution in [0.15, 0.2) is 54.6 Å². The Morgan fingerprint density at radius 1 is 1.00 bits per heavy atom. The Balaban J connectivity index is 1.69. The highest BCUT2D eigenvalue weighted by molar-refractivity contribution is 7.84. The summed E-state index contributed by atoms with van der Waals surface area (Å²) in [7, 11) is -1.21. The van der Waals surface area contributed by atoms with E-state index in [1.54, 1.807) is 12.1 Å². The average Bonchev–Trinajstić information content (AvgIpc) is 2.50. The van der Waals surface area contributed by atoms with Gasteiger partial charge in [-0.1, -0.05) is 42.5 Å². The molecule has 1 atom stereocenters. The van der Waals surface area contributed by atoms with Crippen LogP contribution < -0.4 is 5.32 Å². The molecule has 22 heavy (non-hydrogen) atoms. The molecule has 0 aliphatic carbocycles. The first-order chi connectivity index (χ1) is 10.6. The summed E-state index contributed by atoms with van der Waals surface area (Å²) < 4.78 is 24.7. The van der Waals surface area contributed by atoms with Gasteiger partial charge >= 0.3 is 0 Å². The Kier molecular flexibility index (Phi) is 6.27. The fourth-order valence-corrected chi connectivity index (χ4v) is 3.07. The molecule has 0 aromatic heterocycles. The smallest absolute Gasteiger partial charge is 0.232 e. The van der Waals surface area contributed by atoms with Crippen LogP contribution in [-0.4, -0.2) is 22.4 Å². The summed E-state index contributed by atoms with van der Waals surface area (Å²) >= 11 is 0. The molecule has 116 valence electrons. The lowest BCUT2D eigenvalue weighted by atomic mass is 10.1. The molecule has 0 aliphatic heterocycles. The second-order valence-electron chi connectivity index (χ2n) is 4.94. The average molecular weight is 319 g/mol. The number of carbonyl (C=O) groups is 1. The molecule has 0 fully saturated rings. The molecule has 2 rings (SSSR count). The van der Waals surface area contributed by atoms with Gasteiger partial charge in [-0.3, -0.25) is 9.00 Å². The number of halogens is 1. The number of rotatable bonds is 7. The van der Waals surface area contributed by atoms with Gasteiger partial charge in [0.1, 0.15) is 11.6 Å². The van der Waals surface area contributed by atoms with Gasteiger partial charge in [0.2, 0.25) is 5.91 Å². The van der Waals surface area contributed by atoms with Crippen LogP contribution in [0.25, 0.3) is 0 Å². The highest BCUT2D eigenvalue weighted by Crippen LogP contribution is 2.04. The molecule has 0 aliphatic rings. The zero-order valence-corrected chi connectivity index (χ0v) is 12.9. The van der Waals surface area contributed by atoms with Gasteiger partial charge in [0.05, 0.1) is 0 Å². The highest BCUT2D eigenvalue weighted by atomic mass is 32.2. The summed E-state index contributed by atoms with van der Waals surface area (Å²) in [6, 6.07) is 15.6. The molecular formula is C17H18FNO2S. The van der Waals surface area contributed by atoms with E-state index in [1.165, 1.54) is 12.1 Å². The molecule has 1 N–H and O–H groups in total. The van der Waals surface area contributed by atoms with Crippen LogP contribution in [0.2, 0.25) is 0 Å². The lowest BCUT2D eigenvalue weighted by Gasteiger charge is -2.06. The Bertz CT molecular complexity index is 629. The summed E-state index contributed by atoms with van der Waals surface area (Å²) in [6.07, 6.45) is 0.622. The van der Waals surface area contributed by atoms with Crippen LogP contribution in [-0.2, 0) is 27.8 Å². The highest BCUT2D eigenvalue weighted by Gasteiger charge is 2.08. The summed E-state index contributed by atoms with van der Waals surface area (Å²) in [6.45, 7) is 0.451. The minimum Gasteiger partial charge on any atom is -0.355 e. The van der Waals surface area contributed by atoms with E-state index in [1.807, 2.05) is 30.3 Å². The van der Waals surface area contributed by atoms with Crippen LogP contribution in [0, 0.1) is 5.82 Å². The number of hydrogen-bond acceptors (Lipinski definition) is 2. The standard InChI is InChI=1S/C17H18FNO2S/c18-16-8-6-14(7-9-16)10-11-19-17(20)13-22(21)12-15-4-2-1-3-5-15/h1-9H,10-13H2,(H,19,20). The molecule has 3 nitrogen and oxygen atoms in total. The lowest BCUT2D eigenvalue weighted by molar-refractivity contribution is -0.118. The van der Waals surface area contributed by atoms with Gasteiger partial charge in [0, 0.05) is 23.1 Å². The predicted molar refractivity (Wildman–Crippen MR) is 86.3 cm³/mol. The fourth-order valence-electron chi connectivity index (χ4n) is 2.01. The van der Waals surface area contributed by atoms with Crippen molar-refractivity contribution in [3.63, 3.8) is 0 Å². The van der Waals surface area contributed by atoms with Gasteiger partial charge in [0.15, 0.2) is 0 Å². The lowest BCUT2D eigenvalue weighted by Crippen LogP contribution is -2.30. The van der Waals surface area contributed by atoms with Gasteiger partial charge in [-0.15, -0.1) is 0 Å². The van der Waals surface area contributed by atoms with Crippen LogP contribution in [0.5, 0.6) is 0 Å². The predicted octanol–water partition coefficient (Wildman–Crippen LogP) is 2.43. The molecule has 1 unspecified atom stereocenters. The van der Waals surface area contributed by atoms with E-state index in [9.17, 15) is 13.4 Å². The van der Waals surface area contributed by atoms with Crippen LogP contribution in [0.3, 0.4) is 0 Å². The van der Waals surface area contributed by atoms with Crippen molar-refractivity contribution in [3.8, 4) is 0 Å². The molecule has 2 aromatic rings. The van der Waals surface area contributed by atoms with Crippen LogP contribution in [0.1, 0.15) is 11.1 Å². The summed E-state index contributed by atoms with van der Waals surface area (Å²) in [5, 5.41) is 2.74. The van der Waals surface area contributed by atoms with Crippen molar-refractivity contribution in [2.24, 2.45) is 0 Å². The summed E-state index contributed by atoms with van der Waals surface area (Å²) in [5.41, 5.74) is 1.91. The number of carbonyl (C=O) groups excluding carboxylic acids is 1. The molecule has 5 heteroatoms. The molecule has 0 spiro atoms. The van der Waals surface area contributed by atoms with E-state index in [0.29, 0.717) is 18.7 Å². The second kappa shape index (κ2) is 8.44. The third-order valence-corrected chi connectivity index (χ3v) is 4.35. The number of benzene rings is 2. The normalized spacial score (nSPS) is 11.9. The van der Waals surface area contributed by atoms with Gasteiger partial charge in [0.25, 0.3) is 0 Å². The maximum absolute atomic E-state index is 12.8. The SMILES string of the molecule is O=C(CS(=O)Cc1ccccc1)NCCc1ccc(F)cc1. The third-order valence-electron chi connectivity index (χ3n) is 3.11. The quantitative estimate of drug-likeness (QED) is 0.852. The van der Waals surface area contributed by atoms with Crippen molar-refractivity contribution in [3.05, 3.63) is 71.5 Å². The van der Waals surface area contributed by atoms with Crippen LogP contribution in [0.4, 0.5) is 4.39 Å². The first-order valence-corrected chi connectivity index (χ1v) is 8.52. The Labute approximate surface area is 132 Å². The first-order valence-electron chi connectivity index (χ1n) is 7.03. The van der Waals surface area contributed by atoms with Crippen molar-refractivity contribution in [2.75, 3.05) is 12.3 Å². The molecule has 0 saturated heterocycles. The second-order valence-corrected chi connectivity index (χ2v) is 6.40. The fraction of sp³-hybridized carbons (Fsp3) is 0.235. The zero-order valence-electron chi connectivity index (χ0n) is 12.1. The molecule has 0 radical (unpaired) electrons. The van der Waals surface area contributed by atoms with Crippen molar-refractivity contribution in [1.29, 1.82) is 0 Å². The molecule has 2 aromatic carbocycles. The number of nitrogens with one attached hydrogen (secondary N) is 1. The molecule has 0 saturated carbocycles. The van der Waals surface area contributed by atoms with Gasteiger partial charge in [-0.05, 0) is 29.7 Å². The topological polar surface area (TPSA) is 46.2 Å². The third kappa shape index (κ3) is 5.77. The largest absolute Gasteiger partial charge is 0.355 e. The van der Waals surface area contributed by atoms with Crippen molar-refractivity contribution in [2.45, 2.75) is 12.2 Å². The van der Waals surface area contributed by atoms with Crippen molar-refractivity contribution in [1.82, 2.24) is 5.32 Å². The van der Waals surface area contributed by atoms with Gasteiger partial charge in [-0.2, -0.15) is 0 Å². The van der Waals surface area contributed by atoms with Gasteiger partial charge in [-0.25, -0.2) is 4.39 Å². The Morgan fingerprint density at radius 2 is 1.68 bits per heavy atom. The summed E-state index contributed by atoms with van der Waals surface area (Å²) in [5.74, 6) is -0.120. The summed E-state index contributed by atoms with van der Waals surface area (Å²) in [4.78, 5) is 11.7. The van der Waals surface area contributed by atoms with E-state index >= 15 is 0 Å². The zero-order chi connectivity index (χ0) is 15.8. The van der Waals surface area contributed by atoms with Gasteiger partial charge < -0.3 is 5.32 Å². The minimum absolute atomic E-state index is 0.00167. The van der Waals surface area contributed by atoms with E-state index in [4.69, 9.17) is 0 Å². The minimum atomic E-state index is -1.21. The van der Waals surface area contributed by atoms with E-state index < -0.39 is 10.8 Å². The molecule has 1 amide bonds. The maximum atomic E-state index is 12.8. The number of amides is 1. The maximum Gasteiger partial charge on any atom is 0.232 e. The molecule has 0 bridgehead atoms. The van der Waals surface area contributed by atoms with Crippen molar-refractivity contribution < 1.29 is 13.4 Å². The molecular weight excluding hydrogens is 301 g/mol. The monoisotopic (exact) mass is 319 g/mol. The molecule has 0 heterocycles.